The standard InChI is InChI=1S/C16H18N2O2/c1-11(2)16(20-12(3)19)15(14(9-17)10-18)13-7-5-4-6-8-13/h4-8,11,14-16H,1-3H3. The maximum atomic E-state index is 11.3. The SMILES string of the molecule is CC(=O)OC(C(C)C)C(c1ccccc1)C(C#N)C#N. The summed E-state index contributed by atoms with van der Waals surface area (Å²) in [5.74, 6) is -1.70. The van der Waals surface area contributed by atoms with E-state index in [0.29, 0.717) is 0 Å². The molecule has 4 heteroatoms. The first-order valence-corrected chi connectivity index (χ1v) is 6.52. The third kappa shape index (κ3) is 3.83. The van der Waals surface area contributed by atoms with Crippen LogP contribution in [0.2, 0.25) is 0 Å². The van der Waals surface area contributed by atoms with E-state index in [1.807, 2.05) is 56.3 Å². The Morgan fingerprint density at radius 2 is 1.70 bits per heavy atom. The Labute approximate surface area is 119 Å². The lowest BCUT2D eigenvalue weighted by Gasteiger charge is -2.30. The molecule has 0 saturated carbocycles. The van der Waals surface area contributed by atoms with E-state index in [0.717, 1.165) is 5.56 Å². The first-order valence-electron chi connectivity index (χ1n) is 6.52. The topological polar surface area (TPSA) is 73.9 Å². The lowest BCUT2D eigenvalue weighted by Crippen LogP contribution is -2.33. The number of nitrogens with zero attached hydrogens (tertiary/aromatic N) is 2. The van der Waals surface area contributed by atoms with Crippen molar-refractivity contribution in [2.75, 3.05) is 0 Å². The fourth-order valence-electron chi connectivity index (χ4n) is 2.25. The summed E-state index contributed by atoms with van der Waals surface area (Å²) in [5.41, 5.74) is 0.834. The predicted molar refractivity (Wildman–Crippen MR) is 74.3 cm³/mol. The molecule has 0 bridgehead atoms. The van der Waals surface area contributed by atoms with E-state index in [1.165, 1.54) is 6.92 Å². The molecule has 1 aromatic rings. The van der Waals surface area contributed by atoms with Crippen LogP contribution in [0.5, 0.6) is 0 Å². The van der Waals surface area contributed by atoms with Crippen molar-refractivity contribution >= 4 is 5.97 Å². The largest absolute Gasteiger partial charge is 0.462 e. The third-order valence-corrected chi connectivity index (χ3v) is 3.13. The molecule has 4 nitrogen and oxygen atoms in total. The normalized spacial score (nSPS) is 13.3. The molecule has 2 atom stereocenters. The Morgan fingerprint density at radius 1 is 1.15 bits per heavy atom. The number of benzene rings is 1. The van der Waals surface area contributed by atoms with E-state index in [1.54, 1.807) is 0 Å². The van der Waals surface area contributed by atoms with Crippen LogP contribution in [-0.4, -0.2) is 12.1 Å². The molecule has 0 saturated heterocycles. The van der Waals surface area contributed by atoms with Crippen molar-refractivity contribution in [3.63, 3.8) is 0 Å². The van der Waals surface area contributed by atoms with Crippen LogP contribution in [0.4, 0.5) is 0 Å². The van der Waals surface area contributed by atoms with Crippen molar-refractivity contribution < 1.29 is 9.53 Å². The molecule has 0 aliphatic heterocycles. The van der Waals surface area contributed by atoms with Crippen LogP contribution in [0.15, 0.2) is 30.3 Å². The summed E-state index contributed by atoms with van der Waals surface area (Å²) in [6.45, 7) is 5.16. The number of hydrogen-bond acceptors (Lipinski definition) is 4. The highest BCUT2D eigenvalue weighted by molar-refractivity contribution is 5.66. The minimum absolute atomic E-state index is 0.00769. The molecule has 1 aromatic carbocycles. The molecule has 1 rings (SSSR count). The van der Waals surface area contributed by atoms with Gasteiger partial charge in [-0.15, -0.1) is 0 Å². The van der Waals surface area contributed by atoms with Gasteiger partial charge >= 0.3 is 5.97 Å². The summed E-state index contributed by atoms with van der Waals surface area (Å²) in [7, 11) is 0. The van der Waals surface area contributed by atoms with Crippen molar-refractivity contribution in [2.24, 2.45) is 11.8 Å². The average Bonchev–Trinajstić information content (AvgIpc) is 2.43. The zero-order chi connectivity index (χ0) is 15.1. The molecule has 0 aliphatic rings. The number of rotatable bonds is 5. The van der Waals surface area contributed by atoms with Gasteiger partial charge in [0.15, 0.2) is 0 Å². The fraction of sp³-hybridized carbons (Fsp3) is 0.438. The minimum Gasteiger partial charge on any atom is -0.462 e. The molecule has 0 N–H and O–H groups in total. The first kappa shape index (κ1) is 15.7. The molecule has 0 fully saturated rings. The lowest BCUT2D eigenvalue weighted by molar-refractivity contribution is -0.150. The second kappa shape index (κ2) is 7.31. The van der Waals surface area contributed by atoms with Gasteiger partial charge in [-0.1, -0.05) is 44.2 Å². The van der Waals surface area contributed by atoms with E-state index in [4.69, 9.17) is 4.74 Å². The number of esters is 1. The fourth-order valence-corrected chi connectivity index (χ4v) is 2.25. The van der Waals surface area contributed by atoms with E-state index in [-0.39, 0.29) is 5.92 Å². The number of ether oxygens (including phenoxy) is 1. The highest BCUT2D eigenvalue weighted by atomic mass is 16.5. The zero-order valence-corrected chi connectivity index (χ0v) is 11.9. The molecule has 0 amide bonds. The van der Waals surface area contributed by atoms with Gasteiger partial charge in [-0.3, -0.25) is 4.79 Å². The summed E-state index contributed by atoms with van der Waals surface area (Å²) in [6.07, 6.45) is -0.501. The smallest absolute Gasteiger partial charge is 0.302 e. The number of nitriles is 2. The quantitative estimate of drug-likeness (QED) is 0.771. The predicted octanol–water partition coefficient (Wildman–Crippen LogP) is 3.02. The molecule has 0 spiro atoms. The van der Waals surface area contributed by atoms with Crippen LogP contribution < -0.4 is 0 Å². The molecule has 2 unspecified atom stereocenters. The molecular weight excluding hydrogens is 252 g/mol. The van der Waals surface area contributed by atoms with E-state index in [2.05, 4.69) is 0 Å². The van der Waals surface area contributed by atoms with Crippen molar-refractivity contribution in [3.8, 4) is 12.1 Å². The number of carbonyl (C=O) groups excluding carboxylic acids is 1. The Hall–Kier alpha value is -2.33. The van der Waals surface area contributed by atoms with Gasteiger partial charge in [0.25, 0.3) is 0 Å². The molecule has 104 valence electrons. The number of carbonyl (C=O) groups is 1. The Bertz CT molecular complexity index is 512. The molecule has 0 aliphatic carbocycles. The monoisotopic (exact) mass is 270 g/mol. The zero-order valence-electron chi connectivity index (χ0n) is 11.9. The van der Waals surface area contributed by atoms with Gasteiger partial charge in [0.1, 0.15) is 12.0 Å². The van der Waals surface area contributed by atoms with Crippen LogP contribution in [0.3, 0.4) is 0 Å². The summed E-state index contributed by atoms with van der Waals surface area (Å²) < 4.78 is 5.37. The van der Waals surface area contributed by atoms with Crippen LogP contribution in [0.1, 0.15) is 32.3 Å². The van der Waals surface area contributed by atoms with E-state index in [9.17, 15) is 15.3 Å². The van der Waals surface area contributed by atoms with Crippen molar-refractivity contribution in [1.29, 1.82) is 10.5 Å². The summed E-state index contributed by atoms with van der Waals surface area (Å²) in [4.78, 5) is 11.3. The van der Waals surface area contributed by atoms with Gasteiger partial charge in [-0.05, 0) is 11.5 Å². The van der Waals surface area contributed by atoms with Crippen LogP contribution >= 0.6 is 0 Å². The van der Waals surface area contributed by atoms with Crippen LogP contribution in [0, 0.1) is 34.5 Å². The maximum Gasteiger partial charge on any atom is 0.302 e. The summed E-state index contributed by atoms with van der Waals surface area (Å²) in [6, 6.07) is 13.3. The molecule has 0 radical (unpaired) electrons. The van der Waals surface area contributed by atoms with E-state index >= 15 is 0 Å². The second-order valence-electron chi connectivity index (χ2n) is 4.99. The van der Waals surface area contributed by atoms with Crippen molar-refractivity contribution in [2.45, 2.75) is 32.8 Å². The van der Waals surface area contributed by atoms with Gasteiger partial charge in [0.2, 0.25) is 0 Å². The van der Waals surface area contributed by atoms with Gasteiger partial charge in [-0.25, -0.2) is 0 Å². The Balaban J connectivity index is 3.25. The Kier molecular flexibility index (Phi) is 5.74. The highest BCUT2D eigenvalue weighted by Gasteiger charge is 2.35. The van der Waals surface area contributed by atoms with Crippen LogP contribution in [-0.2, 0) is 9.53 Å². The average molecular weight is 270 g/mol. The molecular formula is C16H18N2O2. The second-order valence-corrected chi connectivity index (χ2v) is 4.99. The first-order chi connectivity index (χ1) is 9.51. The lowest BCUT2D eigenvalue weighted by atomic mass is 9.79. The number of hydrogen-bond donors (Lipinski definition) is 0. The van der Waals surface area contributed by atoms with Crippen molar-refractivity contribution in [3.05, 3.63) is 35.9 Å². The summed E-state index contributed by atoms with van der Waals surface area (Å²) in [5, 5.41) is 18.4. The Morgan fingerprint density at radius 3 is 2.10 bits per heavy atom. The van der Waals surface area contributed by atoms with Crippen molar-refractivity contribution in [1.82, 2.24) is 0 Å². The maximum absolute atomic E-state index is 11.3. The van der Waals surface area contributed by atoms with Gasteiger partial charge in [0.05, 0.1) is 18.1 Å². The molecule has 0 heterocycles. The van der Waals surface area contributed by atoms with Gasteiger partial charge in [-0.2, -0.15) is 10.5 Å². The third-order valence-electron chi connectivity index (χ3n) is 3.13. The van der Waals surface area contributed by atoms with E-state index < -0.39 is 23.9 Å². The van der Waals surface area contributed by atoms with Crippen LogP contribution in [0.25, 0.3) is 0 Å². The summed E-state index contributed by atoms with van der Waals surface area (Å²) >= 11 is 0. The van der Waals surface area contributed by atoms with Gasteiger partial charge in [0, 0.05) is 6.92 Å². The highest BCUT2D eigenvalue weighted by Crippen LogP contribution is 2.33. The van der Waals surface area contributed by atoms with Gasteiger partial charge < -0.3 is 4.74 Å². The molecule has 0 aromatic heterocycles. The minimum atomic E-state index is -0.857. The molecule has 20 heavy (non-hydrogen) atoms.